The van der Waals surface area contributed by atoms with Gasteiger partial charge in [-0.15, -0.1) is 11.8 Å². The molecule has 0 aliphatic carbocycles. The van der Waals surface area contributed by atoms with Gasteiger partial charge in [0, 0.05) is 23.6 Å². The fourth-order valence-corrected chi connectivity index (χ4v) is 3.36. The smallest absolute Gasteiger partial charge is 0.238 e. The molecule has 0 bridgehead atoms. The second-order valence-electron chi connectivity index (χ2n) is 4.65. The third kappa shape index (κ3) is 2.29. The molecule has 1 amide bonds. The Morgan fingerprint density at radius 2 is 2.25 bits per heavy atom. The Morgan fingerprint density at radius 3 is 2.95 bits per heavy atom. The first-order chi connectivity index (χ1) is 9.66. The first-order valence-corrected chi connectivity index (χ1v) is 7.31. The number of amides is 1. The third-order valence-corrected chi connectivity index (χ3v) is 4.48. The molecule has 0 N–H and O–H groups in total. The lowest BCUT2D eigenvalue weighted by atomic mass is 10.2. The molecule has 102 valence electrons. The average molecular weight is 288 g/mol. The molecule has 1 aliphatic rings. The average Bonchev–Trinajstić information content (AvgIpc) is 2.85. The minimum Gasteiger partial charge on any atom is -0.295 e. The zero-order valence-corrected chi connectivity index (χ0v) is 11.7. The highest BCUT2D eigenvalue weighted by Gasteiger charge is 2.34. The van der Waals surface area contributed by atoms with Gasteiger partial charge < -0.3 is 0 Å². The molecule has 0 spiro atoms. The maximum Gasteiger partial charge on any atom is 0.238 e. The Morgan fingerprint density at radius 1 is 1.40 bits per heavy atom. The summed E-state index contributed by atoms with van der Waals surface area (Å²) >= 11 is 1.53. The molecule has 3 nitrogen and oxygen atoms in total. The van der Waals surface area contributed by atoms with Crippen molar-refractivity contribution in [2.45, 2.75) is 12.3 Å². The Balaban J connectivity index is 2.00. The summed E-state index contributed by atoms with van der Waals surface area (Å²) in [5, 5.41) is -0.140. The van der Waals surface area contributed by atoms with Crippen molar-refractivity contribution in [3.05, 3.63) is 59.7 Å². The number of anilines is 1. The normalized spacial score (nSPS) is 18.6. The fourth-order valence-electron chi connectivity index (χ4n) is 2.20. The number of aryl methyl sites for hydroxylation is 1. The van der Waals surface area contributed by atoms with Crippen LogP contribution in [-0.2, 0) is 4.79 Å². The number of thioether (sulfide) groups is 1. The number of hydrogen-bond donors (Lipinski definition) is 0. The van der Waals surface area contributed by atoms with Gasteiger partial charge in [0.2, 0.25) is 5.91 Å². The predicted octanol–water partition coefficient (Wildman–Crippen LogP) is 3.31. The van der Waals surface area contributed by atoms with Crippen molar-refractivity contribution in [2.75, 3.05) is 10.7 Å². The van der Waals surface area contributed by atoms with E-state index < -0.39 is 0 Å². The standard InChI is InChI=1S/C15H13FN2OS/c1-10-4-5-12(7-13(10)16)18-14(19)9-20-15(18)11-3-2-6-17-8-11/h2-8,15H,9H2,1H3/t15-/m0/s1. The molecule has 0 saturated carbocycles. The molecule has 3 rings (SSSR count). The lowest BCUT2D eigenvalue weighted by Gasteiger charge is -2.24. The van der Waals surface area contributed by atoms with Gasteiger partial charge in [0.25, 0.3) is 0 Å². The molecule has 2 heterocycles. The maximum atomic E-state index is 13.7. The van der Waals surface area contributed by atoms with Crippen LogP contribution in [-0.4, -0.2) is 16.6 Å². The fraction of sp³-hybridized carbons (Fsp3) is 0.200. The van der Waals surface area contributed by atoms with Gasteiger partial charge in [-0.2, -0.15) is 0 Å². The quantitative estimate of drug-likeness (QED) is 0.850. The van der Waals surface area contributed by atoms with Crippen molar-refractivity contribution in [1.82, 2.24) is 4.98 Å². The van der Waals surface area contributed by atoms with Gasteiger partial charge in [-0.05, 0) is 30.7 Å². The number of carbonyl (C=O) groups is 1. The highest BCUT2D eigenvalue weighted by molar-refractivity contribution is 8.00. The van der Waals surface area contributed by atoms with Crippen LogP contribution in [0.15, 0.2) is 42.7 Å². The van der Waals surface area contributed by atoms with Gasteiger partial charge in [-0.3, -0.25) is 14.7 Å². The SMILES string of the molecule is Cc1ccc(N2C(=O)CS[C@H]2c2cccnc2)cc1F. The number of aromatic nitrogens is 1. The van der Waals surface area contributed by atoms with Gasteiger partial charge in [-0.1, -0.05) is 12.1 Å². The molecule has 0 unspecified atom stereocenters. The van der Waals surface area contributed by atoms with Crippen LogP contribution in [0.2, 0.25) is 0 Å². The minimum atomic E-state index is -0.294. The Hall–Kier alpha value is -1.88. The van der Waals surface area contributed by atoms with Crippen molar-refractivity contribution >= 4 is 23.4 Å². The largest absolute Gasteiger partial charge is 0.295 e. The first-order valence-electron chi connectivity index (χ1n) is 6.26. The lowest BCUT2D eigenvalue weighted by Crippen LogP contribution is -2.28. The Kier molecular flexibility index (Phi) is 3.44. The number of carbonyl (C=O) groups excluding carboxylic acids is 1. The molecule has 1 aromatic heterocycles. The van der Waals surface area contributed by atoms with E-state index in [1.165, 1.54) is 17.8 Å². The second-order valence-corrected chi connectivity index (χ2v) is 5.72. The molecule has 1 aromatic carbocycles. The van der Waals surface area contributed by atoms with Crippen LogP contribution >= 0.6 is 11.8 Å². The van der Waals surface area contributed by atoms with Crippen LogP contribution < -0.4 is 4.90 Å². The molecular weight excluding hydrogens is 275 g/mol. The van der Waals surface area contributed by atoms with E-state index in [4.69, 9.17) is 0 Å². The van der Waals surface area contributed by atoms with E-state index in [0.717, 1.165) is 5.56 Å². The predicted molar refractivity (Wildman–Crippen MR) is 78.1 cm³/mol. The number of pyridine rings is 1. The summed E-state index contributed by atoms with van der Waals surface area (Å²) in [5.74, 6) is 0.0962. The molecule has 1 aliphatic heterocycles. The number of benzene rings is 1. The number of halogens is 1. The summed E-state index contributed by atoms with van der Waals surface area (Å²) in [6, 6.07) is 8.67. The van der Waals surface area contributed by atoms with Crippen molar-refractivity contribution in [2.24, 2.45) is 0 Å². The Labute approximate surface area is 120 Å². The molecule has 5 heteroatoms. The summed E-state index contributed by atoms with van der Waals surface area (Å²) in [6.07, 6.45) is 3.44. The zero-order chi connectivity index (χ0) is 14.1. The van der Waals surface area contributed by atoms with Crippen molar-refractivity contribution in [3.8, 4) is 0 Å². The first kappa shape index (κ1) is 13.1. The molecule has 1 saturated heterocycles. The maximum absolute atomic E-state index is 13.7. The van der Waals surface area contributed by atoms with Crippen molar-refractivity contribution in [1.29, 1.82) is 0 Å². The van der Waals surface area contributed by atoms with E-state index >= 15 is 0 Å². The highest BCUT2D eigenvalue weighted by Crippen LogP contribution is 2.41. The Bertz CT molecular complexity index is 648. The summed E-state index contributed by atoms with van der Waals surface area (Å²) in [7, 11) is 0. The molecule has 0 radical (unpaired) electrons. The molecule has 1 atom stereocenters. The third-order valence-electron chi connectivity index (χ3n) is 3.27. The van der Waals surface area contributed by atoms with Crippen LogP contribution in [0.3, 0.4) is 0 Å². The second kappa shape index (κ2) is 5.25. The number of rotatable bonds is 2. The van der Waals surface area contributed by atoms with Gasteiger partial charge in [0.15, 0.2) is 0 Å². The summed E-state index contributed by atoms with van der Waals surface area (Å²) < 4.78 is 13.7. The van der Waals surface area contributed by atoms with E-state index in [0.29, 0.717) is 17.0 Å². The summed E-state index contributed by atoms with van der Waals surface area (Å²) in [5.41, 5.74) is 2.12. The van der Waals surface area contributed by atoms with E-state index in [1.807, 2.05) is 12.1 Å². The minimum absolute atomic E-state index is 0.00731. The van der Waals surface area contributed by atoms with Crippen LogP contribution in [0.25, 0.3) is 0 Å². The monoisotopic (exact) mass is 288 g/mol. The van der Waals surface area contributed by atoms with Crippen LogP contribution in [0.1, 0.15) is 16.5 Å². The van der Waals surface area contributed by atoms with Gasteiger partial charge in [-0.25, -0.2) is 4.39 Å². The molecule has 2 aromatic rings. The van der Waals surface area contributed by atoms with Crippen molar-refractivity contribution < 1.29 is 9.18 Å². The molecule has 1 fully saturated rings. The van der Waals surface area contributed by atoms with Gasteiger partial charge in [0.1, 0.15) is 11.2 Å². The van der Waals surface area contributed by atoms with E-state index in [9.17, 15) is 9.18 Å². The van der Waals surface area contributed by atoms with E-state index in [-0.39, 0.29) is 17.1 Å². The number of nitrogens with zero attached hydrogens (tertiary/aromatic N) is 2. The topological polar surface area (TPSA) is 33.2 Å². The van der Waals surface area contributed by atoms with Gasteiger partial charge in [0.05, 0.1) is 5.75 Å². The van der Waals surface area contributed by atoms with Gasteiger partial charge >= 0.3 is 0 Å². The van der Waals surface area contributed by atoms with Crippen LogP contribution in [0.5, 0.6) is 0 Å². The highest BCUT2D eigenvalue weighted by atomic mass is 32.2. The van der Waals surface area contributed by atoms with E-state index in [2.05, 4.69) is 4.98 Å². The summed E-state index contributed by atoms with van der Waals surface area (Å²) in [4.78, 5) is 17.8. The summed E-state index contributed by atoms with van der Waals surface area (Å²) in [6.45, 7) is 1.71. The zero-order valence-electron chi connectivity index (χ0n) is 10.9. The van der Waals surface area contributed by atoms with Crippen LogP contribution in [0, 0.1) is 12.7 Å². The van der Waals surface area contributed by atoms with Crippen LogP contribution in [0.4, 0.5) is 10.1 Å². The van der Waals surface area contributed by atoms with Crippen molar-refractivity contribution in [3.63, 3.8) is 0 Å². The molecular formula is C15H13FN2OS. The number of hydrogen-bond acceptors (Lipinski definition) is 3. The lowest BCUT2D eigenvalue weighted by molar-refractivity contribution is -0.115. The van der Waals surface area contributed by atoms with E-state index in [1.54, 1.807) is 36.4 Å². The molecule has 20 heavy (non-hydrogen) atoms.